The minimum Gasteiger partial charge on any atom is -0.290 e. The Bertz CT molecular complexity index is 441. The normalized spacial score (nSPS) is 11.8. The van der Waals surface area contributed by atoms with E-state index in [1.54, 1.807) is 0 Å². The van der Waals surface area contributed by atoms with E-state index in [-0.39, 0.29) is 5.54 Å². The summed E-state index contributed by atoms with van der Waals surface area (Å²) < 4.78 is 0. The van der Waals surface area contributed by atoms with Crippen LogP contribution in [0, 0.1) is 0 Å². The standard InChI is InChI=1S/C18H23N/c1-18(2,3)19(14-16-10-6-4-7-11-16)15-17-12-8-5-9-13-17/h4-13H,14-15H2,1-3H3. The van der Waals surface area contributed by atoms with Crippen LogP contribution in [0.4, 0.5) is 0 Å². The summed E-state index contributed by atoms with van der Waals surface area (Å²) in [6.07, 6.45) is 0. The van der Waals surface area contributed by atoms with Gasteiger partial charge in [-0.2, -0.15) is 0 Å². The molecule has 0 heterocycles. The summed E-state index contributed by atoms with van der Waals surface area (Å²) in [5.74, 6) is 0. The molecule has 0 spiro atoms. The molecule has 1 nitrogen and oxygen atoms in total. The first-order valence-corrected chi connectivity index (χ1v) is 6.88. The van der Waals surface area contributed by atoms with Gasteiger partial charge in [-0.25, -0.2) is 0 Å². The van der Waals surface area contributed by atoms with Crippen molar-refractivity contribution in [2.45, 2.75) is 39.4 Å². The van der Waals surface area contributed by atoms with Crippen molar-refractivity contribution in [2.75, 3.05) is 0 Å². The molecule has 0 aliphatic heterocycles. The molecule has 0 fully saturated rings. The highest BCUT2D eigenvalue weighted by molar-refractivity contribution is 5.17. The molecule has 0 radical (unpaired) electrons. The van der Waals surface area contributed by atoms with E-state index in [1.807, 2.05) is 0 Å². The highest BCUT2D eigenvalue weighted by Crippen LogP contribution is 2.20. The third-order valence-electron chi connectivity index (χ3n) is 3.38. The highest BCUT2D eigenvalue weighted by atomic mass is 15.2. The summed E-state index contributed by atoms with van der Waals surface area (Å²) in [4.78, 5) is 2.51. The third kappa shape index (κ3) is 4.22. The summed E-state index contributed by atoms with van der Waals surface area (Å²) in [6.45, 7) is 8.80. The zero-order valence-corrected chi connectivity index (χ0v) is 12.1. The predicted molar refractivity (Wildman–Crippen MR) is 81.9 cm³/mol. The van der Waals surface area contributed by atoms with Gasteiger partial charge >= 0.3 is 0 Å². The highest BCUT2D eigenvalue weighted by Gasteiger charge is 2.21. The lowest BCUT2D eigenvalue weighted by Crippen LogP contribution is -2.40. The van der Waals surface area contributed by atoms with Crippen molar-refractivity contribution < 1.29 is 0 Å². The van der Waals surface area contributed by atoms with Crippen molar-refractivity contribution in [3.63, 3.8) is 0 Å². The second-order valence-electron chi connectivity index (χ2n) is 6.00. The Kier molecular flexibility index (Phi) is 4.39. The Labute approximate surface area is 116 Å². The van der Waals surface area contributed by atoms with Crippen LogP contribution in [-0.2, 0) is 13.1 Å². The molecule has 0 aromatic heterocycles. The molecule has 2 rings (SSSR count). The molecule has 0 saturated carbocycles. The molecular formula is C18H23N. The van der Waals surface area contributed by atoms with E-state index in [4.69, 9.17) is 0 Å². The molecule has 0 atom stereocenters. The fourth-order valence-corrected chi connectivity index (χ4v) is 2.14. The minimum atomic E-state index is 0.158. The number of hydrogen-bond acceptors (Lipinski definition) is 1. The minimum absolute atomic E-state index is 0.158. The van der Waals surface area contributed by atoms with E-state index in [2.05, 4.69) is 86.3 Å². The monoisotopic (exact) mass is 253 g/mol. The second-order valence-corrected chi connectivity index (χ2v) is 6.00. The van der Waals surface area contributed by atoms with Crippen molar-refractivity contribution in [3.05, 3.63) is 71.8 Å². The topological polar surface area (TPSA) is 3.24 Å². The van der Waals surface area contributed by atoms with Crippen LogP contribution in [0.25, 0.3) is 0 Å². The Morgan fingerprint density at radius 2 is 1.05 bits per heavy atom. The average Bonchev–Trinajstić information content (AvgIpc) is 2.39. The largest absolute Gasteiger partial charge is 0.290 e. The molecule has 0 unspecified atom stereocenters. The zero-order chi connectivity index (χ0) is 13.7. The van der Waals surface area contributed by atoms with Gasteiger partial charge in [-0.05, 0) is 31.9 Å². The predicted octanol–water partition coefficient (Wildman–Crippen LogP) is 4.49. The van der Waals surface area contributed by atoms with Crippen LogP contribution >= 0.6 is 0 Å². The van der Waals surface area contributed by atoms with Gasteiger partial charge in [0.05, 0.1) is 0 Å². The lowest BCUT2D eigenvalue weighted by Gasteiger charge is -2.36. The van der Waals surface area contributed by atoms with E-state index in [0.717, 1.165) is 13.1 Å². The fourth-order valence-electron chi connectivity index (χ4n) is 2.14. The van der Waals surface area contributed by atoms with Crippen LogP contribution in [0.3, 0.4) is 0 Å². The first-order chi connectivity index (χ1) is 9.05. The first-order valence-electron chi connectivity index (χ1n) is 6.88. The van der Waals surface area contributed by atoms with Crippen molar-refractivity contribution in [1.82, 2.24) is 4.90 Å². The van der Waals surface area contributed by atoms with E-state index in [0.29, 0.717) is 0 Å². The van der Waals surface area contributed by atoms with Crippen molar-refractivity contribution in [1.29, 1.82) is 0 Å². The summed E-state index contributed by atoms with van der Waals surface area (Å²) in [5.41, 5.74) is 2.90. The maximum absolute atomic E-state index is 2.51. The molecule has 19 heavy (non-hydrogen) atoms. The van der Waals surface area contributed by atoms with Gasteiger partial charge in [0, 0.05) is 18.6 Å². The van der Waals surface area contributed by atoms with Gasteiger partial charge in [0.15, 0.2) is 0 Å². The van der Waals surface area contributed by atoms with E-state index < -0.39 is 0 Å². The average molecular weight is 253 g/mol. The lowest BCUT2D eigenvalue weighted by molar-refractivity contribution is 0.118. The third-order valence-corrected chi connectivity index (χ3v) is 3.38. The van der Waals surface area contributed by atoms with Gasteiger partial charge in [-0.15, -0.1) is 0 Å². The molecule has 2 aromatic carbocycles. The Balaban J connectivity index is 2.13. The molecule has 0 N–H and O–H groups in total. The molecule has 0 aliphatic carbocycles. The van der Waals surface area contributed by atoms with Crippen LogP contribution in [-0.4, -0.2) is 10.4 Å². The van der Waals surface area contributed by atoms with Crippen LogP contribution < -0.4 is 0 Å². The Morgan fingerprint density at radius 1 is 0.684 bits per heavy atom. The summed E-state index contributed by atoms with van der Waals surface area (Å²) in [6, 6.07) is 21.4. The molecule has 0 aliphatic rings. The number of benzene rings is 2. The number of hydrogen-bond donors (Lipinski definition) is 0. The summed E-state index contributed by atoms with van der Waals surface area (Å²) in [7, 11) is 0. The van der Waals surface area contributed by atoms with E-state index in [1.165, 1.54) is 11.1 Å². The van der Waals surface area contributed by atoms with Gasteiger partial charge in [0.1, 0.15) is 0 Å². The van der Waals surface area contributed by atoms with Crippen molar-refractivity contribution >= 4 is 0 Å². The first kappa shape index (κ1) is 13.8. The maximum atomic E-state index is 2.51. The van der Waals surface area contributed by atoms with Gasteiger partial charge in [-0.3, -0.25) is 4.90 Å². The molecule has 0 amide bonds. The summed E-state index contributed by atoms with van der Waals surface area (Å²) in [5, 5.41) is 0. The van der Waals surface area contributed by atoms with Crippen LogP contribution in [0.15, 0.2) is 60.7 Å². The van der Waals surface area contributed by atoms with Crippen LogP contribution in [0.2, 0.25) is 0 Å². The zero-order valence-electron chi connectivity index (χ0n) is 12.1. The second kappa shape index (κ2) is 6.03. The van der Waals surface area contributed by atoms with Crippen LogP contribution in [0.1, 0.15) is 31.9 Å². The number of rotatable bonds is 4. The van der Waals surface area contributed by atoms with E-state index >= 15 is 0 Å². The van der Waals surface area contributed by atoms with Crippen molar-refractivity contribution in [3.8, 4) is 0 Å². The molecule has 0 saturated heterocycles. The molecular weight excluding hydrogens is 230 g/mol. The smallest absolute Gasteiger partial charge is 0.0242 e. The molecule has 100 valence electrons. The molecule has 1 heteroatoms. The molecule has 2 aromatic rings. The fraction of sp³-hybridized carbons (Fsp3) is 0.333. The van der Waals surface area contributed by atoms with E-state index in [9.17, 15) is 0 Å². The molecule has 0 bridgehead atoms. The van der Waals surface area contributed by atoms with Gasteiger partial charge < -0.3 is 0 Å². The maximum Gasteiger partial charge on any atom is 0.0242 e. The lowest BCUT2D eigenvalue weighted by atomic mass is 10.0. The number of nitrogens with zero attached hydrogens (tertiary/aromatic N) is 1. The SMILES string of the molecule is CC(C)(C)N(Cc1ccccc1)Cc1ccccc1. The van der Waals surface area contributed by atoms with Crippen LogP contribution in [0.5, 0.6) is 0 Å². The van der Waals surface area contributed by atoms with Gasteiger partial charge in [0.25, 0.3) is 0 Å². The van der Waals surface area contributed by atoms with Gasteiger partial charge in [-0.1, -0.05) is 60.7 Å². The van der Waals surface area contributed by atoms with Gasteiger partial charge in [0.2, 0.25) is 0 Å². The Hall–Kier alpha value is -1.60. The summed E-state index contributed by atoms with van der Waals surface area (Å²) >= 11 is 0. The quantitative estimate of drug-likeness (QED) is 0.776. The van der Waals surface area contributed by atoms with Crippen molar-refractivity contribution in [2.24, 2.45) is 0 Å². The Morgan fingerprint density at radius 3 is 1.37 bits per heavy atom.